The van der Waals surface area contributed by atoms with Crippen LogP contribution in [0, 0.1) is 14.8 Å². The lowest BCUT2D eigenvalue weighted by Gasteiger charge is -2.40. The molecule has 0 atom stereocenters. The van der Waals surface area contributed by atoms with Crippen LogP contribution < -0.4 is 10.6 Å². The number of piperidine rings is 1. The van der Waals surface area contributed by atoms with E-state index >= 15 is 0 Å². The molecule has 0 unspecified atom stereocenters. The summed E-state index contributed by atoms with van der Waals surface area (Å²) in [7, 11) is 0. The average Bonchev–Trinajstić information content (AvgIpc) is 2.84. The number of rotatable bonds is 1. The molecule has 1 aliphatic heterocycles. The number of hydrogen-bond acceptors (Lipinski definition) is 2. The molecule has 2 N–H and O–H groups in total. The highest BCUT2D eigenvalue weighted by Gasteiger charge is 2.37. The minimum atomic E-state index is -0.161. The van der Waals surface area contributed by atoms with E-state index in [9.17, 15) is 4.39 Å². The van der Waals surface area contributed by atoms with Crippen molar-refractivity contribution in [1.82, 2.24) is 0 Å². The normalized spacial score (nSPS) is 22.1. The van der Waals surface area contributed by atoms with Crippen molar-refractivity contribution in [2.45, 2.75) is 38.5 Å². The Balaban J connectivity index is 1.76. The molecule has 0 aromatic heterocycles. The first-order chi connectivity index (χ1) is 9.10. The van der Waals surface area contributed by atoms with Crippen molar-refractivity contribution in [2.75, 3.05) is 23.7 Å². The van der Waals surface area contributed by atoms with Gasteiger partial charge < -0.3 is 10.6 Å². The minimum absolute atomic E-state index is 0.161. The van der Waals surface area contributed by atoms with Gasteiger partial charge in [-0.25, -0.2) is 4.39 Å². The summed E-state index contributed by atoms with van der Waals surface area (Å²) in [5.74, 6) is -0.161. The summed E-state index contributed by atoms with van der Waals surface area (Å²) >= 11 is 1.99. The van der Waals surface area contributed by atoms with Gasteiger partial charge in [0.25, 0.3) is 0 Å². The number of nitrogens with zero attached hydrogens (tertiary/aromatic N) is 1. The maximum absolute atomic E-state index is 13.7. The molecule has 1 aromatic carbocycles. The van der Waals surface area contributed by atoms with Crippen LogP contribution in [0.15, 0.2) is 12.1 Å². The Morgan fingerprint density at radius 3 is 2.37 bits per heavy atom. The molecule has 1 saturated carbocycles. The van der Waals surface area contributed by atoms with Crippen LogP contribution in [0.25, 0.3) is 0 Å². The van der Waals surface area contributed by atoms with Crippen molar-refractivity contribution in [3.05, 3.63) is 21.5 Å². The van der Waals surface area contributed by atoms with Crippen LogP contribution in [0.4, 0.5) is 15.8 Å². The smallest absolute Gasteiger partial charge is 0.138 e. The molecule has 19 heavy (non-hydrogen) atoms. The van der Waals surface area contributed by atoms with E-state index in [1.54, 1.807) is 12.1 Å². The quantitative estimate of drug-likeness (QED) is 0.591. The van der Waals surface area contributed by atoms with E-state index in [4.69, 9.17) is 5.73 Å². The lowest BCUT2D eigenvalue weighted by Crippen LogP contribution is -2.39. The number of nitrogen functional groups attached to an aromatic ring is 1. The summed E-state index contributed by atoms with van der Waals surface area (Å²) in [6, 6.07) is 3.34. The summed E-state index contributed by atoms with van der Waals surface area (Å²) < 4.78 is 14.3. The third-order valence-corrected chi connectivity index (χ3v) is 5.73. The lowest BCUT2D eigenvalue weighted by molar-refractivity contribution is 0.226. The van der Waals surface area contributed by atoms with E-state index in [-0.39, 0.29) is 5.82 Å². The second-order valence-electron chi connectivity index (χ2n) is 6.02. The van der Waals surface area contributed by atoms with Crippen LogP contribution in [-0.4, -0.2) is 13.1 Å². The van der Waals surface area contributed by atoms with Gasteiger partial charge in [0.15, 0.2) is 0 Å². The van der Waals surface area contributed by atoms with Crippen molar-refractivity contribution in [2.24, 2.45) is 5.41 Å². The van der Waals surface area contributed by atoms with Crippen LogP contribution in [0.2, 0.25) is 0 Å². The third kappa shape index (κ3) is 2.56. The molecule has 0 radical (unpaired) electrons. The van der Waals surface area contributed by atoms with Crippen LogP contribution in [0.5, 0.6) is 0 Å². The fourth-order valence-electron chi connectivity index (χ4n) is 3.67. The van der Waals surface area contributed by atoms with Gasteiger partial charge in [-0.1, -0.05) is 12.8 Å². The highest BCUT2D eigenvalue weighted by molar-refractivity contribution is 14.1. The molecule has 1 aromatic rings. The van der Waals surface area contributed by atoms with Crippen LogP contribution in [0.1, 0.15) is 38.5 Å². The number of anilines is 2. The van der Waals surface area contributed by atoms with Gasteiger partial charge in [0.2, 0.25) is 0 Å². The maximum atomic E-state index is 13.7. The van der Waals surface area contributed by atoms with E-state index in [0.29, 0.717) is 14.7 Å². The van der Waals surface area contributed by atoms with E-state index in [2.05, 4.69) is 4.90 Å². The SMILES string of the molecule is Nc1cc(I)c(F)cc1N1CCC2(CCCC2)CC1. The van der Waals surface area contributed by atoms with Crippen molar-refractivity contribution in [3.8, 4) is 0 Å². The monoisotopic (exact) mass is 374 g/mol. The van der Waals surface area contributed by atoms with Crippen molar-refractivity contribution in [3.63, 3.8) is 0 Å². The highest BCUT2D eigenvalue weighted by atomic mass is 127. The van der Waals surface area contributed by atoms with Gasteiger partial charge in [0.1, 0.15) is 5.82 Å². The van der Waals surface area contributed by atoms with Gasteiger partial charge >= 0.3 is 0 Å². The predicted molar refractivity (Wildman–Crippen MR) is 85.9 cm³/mol. The number of nitrogens with two attached hydrogens (primary N) is 1. The Morgan fingerprint density at radius 1 is 1.11 bits per heavy atom. The first-order valence-electron chi connectivity index (χ1n) is 7.09. The maximum Gasteiger partial charge on any atom is 0.138 e. The van der Waals surface area contributed by atoms with Gasteiger partial charge in [-0.3, -0.25) is 0 Å². The summed E-state index contributed by atoms with van der Waals surface area (Å²) in [6.45, 7) is 2.04. The fourth-order valence-corrected chi connectivity index (χ4v) is 4.16. The molecule has 1 saturated heterocycles. The van der Waals surface area contributed by atoms with Gasteiger partial charge in [-0.2, -0.15) is 0 Å². The molecule has 2 fully saturated rings. The molecule has 0 amide bonds. The molecule has 2 nitrogen and oxygen atoms in total. The van der Waals surface area contributed by atoms with Crippen molar-refractivity contribution in [1.29, 1.82) is 0 Å². The average molecular weight is 374 g/mol. The van der Waals surface area contributed by atoms with Gasteiger partial charge in [-0.05, 0) is 59.8 Å². The largest absolute Gasteiger partial charge is 0.397 e. The Morgan fingerprint density at radius 2 is 1.74 bits per heavy atom. The number of benzene rings is 1. The van der Waals surface area contributed by atoms with Crippen LogP contribution in [0.3, 0.4) is 0 Å². The first kappa shape index (κ1) is 13.5. The zero-order valence-corrected chi connectivity index (χ0v) is 13.2. The van der Waals surface area contributed by atoms with Crippen LogP contribution in [-0.2, 0) is 0 Å². The molecular formula is C15H20FIN2. The second kappa shape index (κ2) is 5.11. The van der Waals surface area contributed by atoms with E-state index < -0.39 is 0 Å². The zero-order chi connectivity index (χ0) is 13.5. The molecule has 104 valence electrons. The lowest BCUT2D eigenvalue weighted by atomic mass is 9.77. The third-order valence-electron chi connectivity index (χ3n) is 4.90. The Bertz CT molecular complexity index is 473. The molecule has 1 spiro atoms. The highest BCUT2D eigenvalue weighted by Crippen LogP contribution is 2.47. The van der Waals surface area contributed by atoms with Crippen molar-refractivity contribution < 1.29 is 4.39 Å². The Kier molecular flexibility index (Phi) is 3.62. The van der Waals surface area contributed by atoms with Crippen LogP contribution >= 0.6 is 22.6 Å². The Hall–Kier alpha value is -0.520. The molecule has 1 heterocycles. The molecular weight excluding hydrogens is 354 g/mol. The summed E-state index contributed by atoms with van der Waals surface area (Å²) in [5.41, 5.74) is 8.23. The van der Waals surface area contributed by atoms with E-state index in [0.717, 1.165) is 18.8 Å². The fraction of sp³-hybridized carbons (Fsp3) is 0.600. The molecule has 1 aliphatic carbocycles. The van der Waals surface area contributed by atoms with Gasteiger partial charge in [0, 0.05) is 19.2 Å². The number of hydrogen-bond donors (Lipinski definition) is 1. The van der Waals surface area contributed by atoms with E-state index in [1.807, 2.05) is 22.6 Å². The second-order valence-corrected chi connectivity index (χ2v) is 7.18. The molecule has 0 bridgehead atoms. The first-order valence-corrected chi connectivity index (χ1v) is 8.17. The van der Waals surface area contributed by atoms with Gasteiger partial charge in [0.05, 0.1) is 14.9 Å². The zero-order valence-electron chi connectivity index (χ0n) is 11.1. The van der Waals surface area contributed by atoms with Gasteiger partial charge in [-0.15, -0.1) is 0 Å². The standard InChI is InChI=1S/C15H20FIN2/c16-11-9-14(13(18)10-12(11)17)19-7-5-15(6-8-19)3-1-2-4-15/h9-10H,1-8,18H2. The van der Waals surface area contributed by atoms with E-state index in [1.165, 1.54) is 38.5 Å². The predicted octanol–water partition coefficient (Wildman–Crippen LogP) is 4.17. The number of halogens is 2. The summed E-state index contributed by atoms with van der Waals surface area (Å²) in [5, 5.41) is 0. The topological polar surface area (TPSA) is 29.3 Å². The molecule has 4 heteroatoms. The minimum Gasteiger partial charge on any atom is -0.397 e. The van der Waals surface area contributed by atoms with Crippen molar-refractivity contribution >= 4 is 34.0 Å². The summed E-state index contributed by atoms with van der Waals surface area (Å²) in [4.78, 5) is 2.26. The summed E-state index contributed by atoms with van der Waals surface area (Å²) in [6.07, 6.45) is 8.02. The Labute approximate surface area is 127 Å². The molecule has 3 rings (SSSR count). The molecule has 2 aliphatic rings.